The van der Waals surface area contributed by atoms with Crippen LogP contribution in [-0.4, -0.2) is 12.6 Å². The Morgan fingerprint density at radius 1 is 1.24 bits per heavy atom. The van der Waals surface area contributed by atoms with Gasteiger partial charge < -0.3 is 10.6 Å². The summed E-state index contributed by atoms with van der Waals surface area (Å²) in [4.78, 5) is 11.7. The largest absolute Gasteiger partial charge is 0.338 e. The molecule has 2 amide bonds. The molecule has 0 unspecified atom stereocenters. The lowest BCUT2D eigenvalue weighted by molar-refractivity contribution is 0.252. The van der Waals surface area contributed by atoms with Gasteiger partial charge in [-0.15, -0.1) is 0 Å². The summed E-state index contributed by atoms with van der Waals surface area (Å²) in [6.07, 6.45) is 0.707. The van der Waals surface area contributed by atoms with Gasteiger partial charge in [0.15, 0.2) is 0 Å². The molecule has 0 aliphatic rings. The van der Waals surface area contributed by atoms with Crippen LogP contribution in [0.25, 0.3) is 0 Å². The van der Waals surface area contributed by atoms with E-state index in [1.165, 1.54) is 18.2 Å². The maximum atomic E-state index is 13.0. The molecular formula is C15H13BrClFN2O. The van der Waals surface area contributed by atoms with E-state index >= 15 is 0 Å². The van der Waals surface area contributed by atoms with Gasteiger partial charge in [0.05, 0.1) is 5.02 Å². The Labute approximate surface area is 135 Å². The van der Waals surface area contributed by atoms with Crippen LogP contribution in [0.2, 0.25) is 5.02 Å². The number of anilines is 1. The van der Waals surface area contributed by atoms with Gasteiger partial charge >= 0.3 is 6.03 Å². The number of halogens is 3. The first-order chi connectivity index (χ1) is 10.1. The van der Waals surface area contributed by atoms with Crippen LogP contribution in [0.5, 0.6) is 0 Å². The lowest BCUT2D eigenvalue weighted by Gasteiger charge is -2.09. The fourth-order valence-corrected chi connectivity index (χ4v) is 2.42. The average molecular weight is 372 g/mol. The predicted octanol–water partition coefficient (Wildman–Crippen LogP) is 4.61. The Morgan fingerprint density at radius 2 is 2.00 bits per heavy atom. The summed E-state index contributed by atoms with van der Waals surface area (Å²) in [6.45, 7) is 0.489. The van der Waals surface area contributed by atoms with Crippen molar-refractivity contribution in [1.29, 1.82) is 0 Å². The van der Waals surface area contributed by atoms with Gasteiger partial charge in [0.1, 0.15) is 5.82 Å². The van der Waals surface area contributed by atoms with Crippen LogP contribution in [0.1, 0.15) is 5.56 Å². The Morgan fingerprint density at radius 3 is 2.71 bits per heavy atom. The number of urea groups is 1. The normalized spacial score (nSPS) is 10.2. The topological polar surface area (TPSA) is 41.1 Å². The molecule has 0 aliphatic carbocycles. The SMILES string of the molecule is O=C(NCCc1ccccc1Br)Nc1ccc(F)c(Cl)c1. The first-order valence-corrected chi connectivity index (χ1v) is 7.46. The van der Waals surface area contributed by atoms with Crippen LogP contribution in [0.3, 0.4) is 0 Å². The molecule has 0 aromatic heterocycles. The summed E-state index contributed by atoms with van der Waals surface area (Å²) in [5.74, 6) is -0.517. The zero-order chi connectivity index (χ0) is 15.2. The molecule has 21 heavy (non-hydrogen) atoms. The highest BCUT2D eigenvalue weighted by molar-refractivity contribution is 9.10. The van der Waals surface area contributed by atoms with Crippen molar-refractivity contribution in [2.75, 3.05) is 11.9 Å². The zero-order valence-electron chi connectivity index (χ0n) is 11.0. The second kappa shape index (κ2) is 7.43. The molecule has 0 saturated carbocycles. The Hall–Kier alpha value is -1.59. The van der Waals surface area contributed by atoms with E-state index in [1.54, 1.807) is 0 Å². The molecule has 0 atom stereocenters. The molecule has 2 aromatic carbocycles. The number of nitrogens with one attached hydrogen (secondary N) is 2. The molecule has 0 aliphatic heterocycles. The first kappa shape index (κ1) is 15.8. The van der Waals surface area contributed by atoms with Crippen molar-refractivity contribution in [2.45, 2.75) is 6.42 Å². The quantitative estimate of drug-likeness (QED) is 0.810. The highest BCUT2D eigenvalue weighted by atomic mass is 79.9. The number of carbonyl (C=O) groups excluding carboxylic acids is 1. The third-order valence-corrected chi connectivity index (χ3v) is 3.88. The van der Waals surface area contributed by atoms with Crippen LogP contribution < -0.4 is 10.6 Å². The fraction of sp³-hybridized carbons (Fsp3) is 0.133. The Bertz CT molecular complexity index is 651. The summed E-state index contributed by atoms with van der Waals surface area (Å²) >= 11 is 9.10. The molecule has 2 N–H and O–H groups in total. The van der Waals surface area contributed by atoms with Crippen molar-refractivity contribution >= 4 is 39.2 Å². The monoisotopic (exact) mass is 370 g/mol. The van der Waals surface area contributed by atoms with E-state index < -0.39 is 5.82 Å². The van der Waals surface area contributed by atoms with Crippen LogP contribution in [0.15, 0.2) is 46.9 Å². The van der Waals surface area contributed by atoms with Gasteiger partial charge in [-0.2, -0.15) is 0 Å². The van der Waals surface area contributed by atoms with Gasteiger partial charge in [-0.25, -0.2) is 9.18 Å². The summed E-state index contributed by atoms with van der Waals surface area (Å²) in [6, 6.07) is 11.5. The zero-order valence-corrected chi connectivity index (χ0v) is 13.3. The first-order valence-electron chi connectivity index (χ1n) is 6.29. The number of carbonyl (C=O) groups is 1. The Balaban J connectivity index is 1.82. The van der Waals surface area contributed by atoms with Crippen LogP contribution in [-0.2, 0) is 6.42 Å². The molecule has 0 heterocycles. The third-order valence-electron chi connectivity index (χ3n) is 2.82. The molecule has 110 valence electrons. The second-order valence-corrected chi connectivity index (χ2v) is 5.61. The average Bonchev–Trinajstić information content (AvgIpc) is 2.45. The van der Waals surface area contributed by atoms with E-state index in [2.05, 4.69) is 26.6 Å². The summed E-state index contributed by atoms with van der Waals surface area (Å²) in [5.41, 5.74) is 1.56. The van der Waals surface area contributed by atoms with E-state index in [1.807, 2.05) is 24.3 Å². The van der Waals surface area contributed by atoms with Gasteiger partial charge in [0.25, 0.3) is 0 Å². The number of hydrogen-bond donors (Lipinski definition) is 2. The highest BCUT2D eigenvalue weighted by Gasteiger charge is 2.05. The fourth-order valence-electron chi connectivity index (χ4n) is 1.76. The van der Waals surface area contributed by atoms with Crippen molar-refractivity contribution in [3.05, 3.63) is 63.3 Å². The standard InChI is InChI=1S/C15H13BrClFN2O/c16-12-4-2-1-3-10(12)7-8-19-15(21)20-11-5-6-14(18)13(17)9-11/h1-6,9H,7-8H2,(H2,19,20,21). The smallest absolute Gasteiger partial charge is 0.319 e. The van der Waals surface area contributed by atoms with Gasteiger partial charge in [-0.05, 0) is 36.2 Å². The summed E-state index contributed by atoms with van der Waals surface area (Å²) in [5, 5.41) is 5.30. The highest BCUT2D eigenvalue weighted by Crippen LogP contribution is 2.19. The molecule has 0 radical (unpaired) electrons. The molecule has 6 heteroatoms. The lowest BCUT2D eigenvalue weighted by Crippen LogP contribution is -2.30. The minimum Gasteiger partial charge on any atom is -0.338 e. The molecule has 2 aromatic rings. The molecule has 0 spiro atoms. The van der Waals surface area contributed by atoms with E-state index in [4.69, 9.17) is 11.6 Å². The molecular weight excluding hydrogens is 359 g/mol. The van der Waals surface area contributed by atoms with Gasteiger partial charge in [-0.1, -0.05) is 45.7 Å². The van der Waals surface area contributed by atoms with Crippen molar-refractivity contribution in [2.24, 2.45) is 0 Å². The Kier molecular flexibility index (Phi) is 5.59. The number of amides is 2. The van der Waals surface area contributed by atoms with E-state index in [0.717, 1.165) is 10.0 Å². The van der Waals surface area contributed by atoms with Crippen molar-refractivity contribution in [3.8, 4) is 0 Å². The van der Waals surface area contributed by atoms with Crippen LogP contribution in [0, 0.1) is 5.82 Å². The second-order valence-electron chi connectivity index (χ2n) is 4.35. The van der Waals surface area contributed by atoms with E-state index in [0.29, 0.717) is 18.7 Å². The van der Waals surface area contributed by atoms with Crippen molar-refractivity contribution in [3.63, 3.8) is 0 Å². The predicted molar refractivity (Wildman–Crippen MR) is 86.3 cm³/mol. The third kappa shape index (κ3) is 4.72. The molecule has 3 nitrogen and oxygen atoms in total. The number of rotatable bonds is 4. The van der Waals surface area contributed by atoms with E-state index in [-0.39, 0.29) is 11.1 Å². The molecule has 2 rings (SSSR count). The van der Waals surface area contributed by atoms with Crippen LogP contribution in [0.4, 0.5) is 14.9 Å². The maximum Gasteiger partial charge on any atom is 0.319 e. The molecule has 0 saturated heterocycles. The molecule has 0 fully saturated rings. The van der Waals surface area contributed by atoms with Crippen molar-refractivity contribution < 1.29 is 9.18 Å². The van der Waals surface area contributed by atoms with Gasteiger partial charge in [-0.3, -0.25) is 0 Å². The van der Waals surface area contributed by atoms with Gasteiger partial charge in [0, 0.05) is 16.7 Å². The molecule has 0 bridgehead atoms. The minimum atomic E-state index is -0.517. The van der Waals surface area contributed by atoms with Crippen molar-refractivity contribution in [1.82, 2.24) is 5.32 Å². The number of benzene rings is 2. The minimum absolute atomic E-state index is 0.0268. The van der Waals surface area contributed by atoms with Crippen LogP contribution >= 0.6 is 27.5 Å². The maximum absolute atomic E-state index is 13.0. The number of hydrogen-bond acceptors (Lipinski definition) is 1. The van der Waals surface area contributed by atoms with E-state index in [9.17, 15) is 9.18 Å². The summed E-state index contributed by atoms with van der Waals surface area (Å²) in [7, 11) is 0. The van der Waals surface area contributed by atoms with Gasteiger partial charge in [0.2, 0.25) is 0 Å². The lowest BCUT2D eigenvalue weighted by atomic mass is 10.1. The summed E-state index contributed by atoms with van der Waals surface area (Å²) < 4.78 is 14.0.